The van der Waals surface area contributed by atoms with E-state index in [4.69, 9.17) is 9.47 Å². The summed E-state index contributed by atoms with van der Waals surface area (Å²) in [5.41, 5.74) is 2.73. The maximum Gasteiger partial charge on any atom is 0.407 e. The molecule has 33 heavy (non-hydrogen) atoms. The fourth-order valence-electron chi connectivity index (χ4n) is 3.27. The van der Waals surface area contributed by atoms with Gasteiger partial charge in [-0.15, -0.1) is 11.3 Å². The summed E-state index contributed by atoms with van der Waals surface area (Å²) in [4.78, 5) is 40.5. The Bertz CT molecular complexity index is 1210. The average molecular weight is 484 g/mol. The van der Waals surface area contributed by atoms with E-state index >= 15 is 0 Å². The van der Waals surface area contributed by atoms with Gasteiger partial charge in [0.25, 0.3) is 0 Å². The van der Waals surface area contributed by atoms with E-state index in [1.807, 2.05) is 18.2 Å². The number of hydrogen-bond acceptors (Lipinski definition) is 8. The smallest absolute Gasteiger partial charge is 0.407 e. The van der Waals surface area contributed by atoms with E-state index in [-0.39, 0.29) is 18.9 Å². The Kier molecular flexibility index (Phi) is 7.26. The number of amides is 2. The van der Waals surface area contributed by atoms with Crippen molar-refractivity contribution in [2.24, 2.45) is 0 Å². The van der Waals surface area contributed by atoms with Crippen LogP contribution in [0, 0.1) is 0 Å². The topological polar surface area (TPSA) is 107 Å². The Morgan fingerprint density at radius 3 is 2.97 bits per heavy atom. The van der Waals surface area contributed by atoms with Gasteiger partial charge in [0.15, 0.2) is 4.34 Å². The summed E-state index contributed by atoms with van der Waals surface area (Å²) in [6.07, 6.45) is 0.504. The Morgan fingerprint density at radius 1 is 1.27 bits per heavy atom. The molecule has 1 aliphatic rings. The maximum absolute atomic E-state index is 12.6. The first-order chi connectivity index (χ1) is 16.0. The molecule has 1 aliphatic heterocycles. The van der Waals surface area contributed by atoms with Crippen LogP contribution >= 0.6 is 23.1 Å². The highest BCUT2D eigenvalue weighted by molar-refractivity contribution is 8.01. The standard InChI is InChI=1S/C23H21N3O5S2/c1-2-10-30-22(29)24-9-11-32-23-26-17-8-7-14(12-19(17)33-23)25-20(27)13-18-15-5-3-4-6-16(15)21(28)31-18/h2-8,12,18H,1,9-11,13H2,(H,24,29)(H,25,27). The number of hydrogen-bond donors (Lipinski definition) is 2. The summed E-state index contributed by atoms with van der Waals surface area (Å²) < 4.78 is 12.0. The van der Waals surface area contributed by atoms with E-state index in [0.717, 1.165) is 20.1 Å². The lowest BCUT2D eigenvalue weighted by Gasteiger charge is -2.11. The minimum Gasteiger partial charge on any atom is -0.453 e. The van der Waals surface area contributed by atoms with Crippen molar-refractivity contribution < 1.29 is 23.9 Å². The van der Waals surface area contributed by atoms with Crippen LogP contribution in [0.1, 0.15) is 28.4 Å². The van der Waals surface area contributed by atoms with Gasteiger partial charge in [0.1, 0.15) is 12.7 Å². The molecular weight excluding hydrogens is 462 g/mol. The summed E-state index contributed by atoms with van der Waals surface area (Å²) in [6, 6.07) is 12.6. The first kappa shape index (κ1) is 22.8. The van der Waals surface area contributed by atoms with E-state index in [1.165, 1.54) is 29.2 Å². The highest BCUT2D eigenvalue weighted by Crippen LogP contribution is 2.34. The Morgan fingerprint density at radius 2 is 2.12 bits per heavy atom. The molecule has 0 saturated heterocycles. The molecule has 0 spiro atoms. The van der Waals surface area contributed by atoms with Crippen molar-refractivity contribution in [1.82, 2.24) is 10.3 Å². The van der Waals surface area contributed by atoms with Crippen molar-refractivity contribution in [3.8, 4) is 0 Å². The van der Waals surface area contributed by atoms with E-state index in [0.29, 0.717) is 23.5 Å². The molecule has 170 valence electrons. The minimum atomic E-state index is -0.577. The molecule has 1 atom stereocenters. The number of benzene rings is 2. The molecule has 0 saturated carbocycles. The van der Waals surface area contributed by atoms with Crippen molar-refractivity contribution in [3.05, 3.63) is 66.2 Å². The Labute approximate surface area is 198 Å². The van der Waals surface area contributed by atoms with E-state index in [1.54, 1.807) is 24.3 Å². The number of anilines is 1. The number of aromatic nitrogens is 1. The fourth-order valence-corrected chi connectivity index (χ4v) is 5.30. The number of cyclic esters (lactones) is 1. The van der Waals surface area contributed by atoms with Gasteiger partial charge in [0.05, 0.1) is 22.2 Å². The summed E-state index contributed by atoms with van der Waals surface area (Å²) in [6.45, 7) is 4.11. The number of carbonyl (C=O) groups excluding carboxylic acids is 3. The monoisotopic (exact) mass is 483 g/mol. The molecule has 0 aliphatic carbocycles. The molecule has 4 rings (SSSR count). The molecule has 8 nitrogen and oxygen atoms in total. The van der Waals surface area contributed by atoms with Gasteiger partial charge >= 0.3 is 12.1 Å². The fraction of sp³-hybridized carbons (Fsp3) is 0.217. The predicted molar refractivity (Wildman–Crippen MR) is 128 cm³/mol. The van der Waals surface area contributed by atoms with Crippen LogP contribution in [0.15, 0.2) is 59.5 Å². The third kappa shape index (κ3) is 5.71. The van der Waals surface area contributed by atoms with Crippen LogP contribution < -0.4 is 10.6 Å². The van der Waals surface area contributed by atoms with Crippen LogP contribution in [0.5, 0.6) is 0 Å². The second kappa shape index (κ2) is 10.5. The van der Waals surface area contributed by atoms with Crippen molar-refractivity contribution >= 4 is 57.0 Å². The van der Waals surface area contributed by atoms with Crippen LogP contribution in [-0.4, -0.2) is 41.9 Å². The number of nitrogens with zero attached hydrogens (tertiary/aromatic N) is 1. The first-order valence-electron chi connectivity index (χ1n) is 10.2. The quantitative estimate of drug-likeness (QED) is 0.199. The summed E-state index contributed by atoms with van der Waals surface area (Å²) >= 11 is 3.04. The predicted octanol–water partition coefficient (Wildman–Crippen LogP) is 4.54. The molecule has 3 aromatic rings. The van der Waals surface area contributed by atoms with Gasteiger partial charge < -0.3 is 20.1 Å². The van der Waals surface area contributed by atoms with Gasteiger partial charge in [-0.05, 0) is 24.3 Å². The van der Waals surface area contributed by atoms with Crippen molar-refractivity contribution in [1.29, 1.82) is 0 Å². The second-order valence-corrected chi connectivity index (χ2v) is 9.43. The molecular formula is C23H21N3O5S2. The van der Waals surface area contributed by atoms with Crippen LogP contribution in [0.4, 0.5) is 10.5 Å². The number of fused-ring (bicyclic) bond motifs is 2. The average Bonchev–Trinajstić information content (AvgIpc) is 3.35. The summed E-state index contributed by atoms with van der Waals surface area (Å²) in [5.74, 6) is 0.00881. The van der Waals surface area contributed by atoms with Gasteiger partial charge in [-0.25, -0.2) is 14.6 Å². The Balaban J connectivity index is 1.30. The zero-order chi connectivity index (χ0) is 23.2. The number of carbonyl (C=O) groups is 3. The lowest BCUT2D eigenvalue weighted by atomic mass is 10.0. The normalized spacial score (nSPS) is 14.4. The molecule has 2 aromatic carbocycles. The van der Waals surface area contributed by atoms with Crippen LogP contribution in [0.25, 0.3) is 10.2 Å². The molecule has 2 heterocycles. The largest absolute Gasteiger partial charge is 0.453 e. The van der Waals surface area contributed by atoms with Crippen LogP contribution in [0.2, 0.25) is 0 Å². The number of rotatable bonds is 9. The van der Waals surface area contributed by atoms with Crippen LogP contribution in [-0.2, 0) is 14.3 Å². The van der Waals surface area contributed by atoms with Gasteiger partial charge in [-0.3, -0.25) is 4.79 Å². The molecule has 2 amide bonds. The third-order valence-electron chi connectivity index (χ3n) is 4.73. The lowest BCUT2D eigenvalue weighted by Crippen LogP contribution is -2.26. The number of esters is 1. The maximum atomic E-state index is 12.6. The number of ether oxygens (including phenoxy) is 2. The van der Waals surface area contributed by atoms with E-state index < -0.39 is 18.2 Å². The molecule has 1 unspecified atom stereocenters. The Hall–Kier alpha value is -3.37. The highest BCUT2D eigenvalue weighted by Gasteiger charge is 2.32. The molecule has 1 aromatic heterocycles. The van der Waals surface area contributed by atoms with Crippen molar-refractivity contribution in [3.63, 3.8) is 0 Å². The van der Waals surface area contributed by atoms with Gasteiger partial charge in [-0.2, -0.15) is 0 Å². The molecule has 2 N–H and O–H groups in total. The zero-order valence-corrected chi connectivity index (χ0v) is 19.2. The molecule has 0 fully saturated rings. The van der Waals surface area contributed by atoms with E-state index in [9.17, 15) is 14.4 Å². The van der Waals surface area contributed by atoms with Gasteiger partial charge in [-0.1, -0.05) is 42.6 Å². The zero-order valence-electron chi connectivity index (χ0n) is 17.5. The number of alkyl carbamates (subject to hydrolysis) is 1. The van der Waals surface area contributed by atoms with Crippen LogP contribution in [0.3, 0.4) is 0 Å². The third-order valence-corrected chi connectivity index (χ3v) is 6.89. The highest BCUT2D eigenvalue weighted by atomic mass is 32.2. The van der Waals surface area contributed by atoms with E-state index in [2.05, 4.69) is 22.2 Å². The molecule has 0 bridgehead atoms. The van der Waals surface area contributed by atoms with Crippen molar-refractivity contribution in [2.75, 3.05) is 24.2 Å². The van der Waals surface area contributed by atoms with Crippen molar-refractivity contribution in [2.45, 2.75) is 16.9 Å². The number of nitrogens with one attached hydrogen (secondary N) is 2. The lowest BCUT2D eigenvalue weighted by molar-refractivity contribution is -0.118. The summed E-state index contributed by atoms with van der Waals surface area (Å²) in [7, 11) is 0. The van der Waals surface area contributed by atoms with Gasteiger partial charge in [0, 0.05) is 23.5 Å². The molecule has 0 radical (unpaired) electrons. The second-order valence-electron chi connectivity index (χ2n) is 7.06. The summed E-state index contributed by atoms with van der Waals surface area (Å²) in [5, 5.41) is 5.53. The SMILES string of the molecule is C=CCOC(=O)NCCSc1nc2ccc(NC(=O)CC3OC(=O)c4ccccc43)cc2s1. The first-order valence-corrected chi connectivity index (χ1v) is 12.0. The molecule has 10 heteroatoms. The number of thioether (sulfide) groups is 1. The minimum absolute atomic E-state index is 0.0484. The number of thiazole rings is 1. The van der Waals surface area contributed by atoms with Gasteiger partial charge in [0.2, 0.25) is 5.91 Å².